The molecule has 2 amide bonds. The molecule has 30 heavy (non-hydrogen) atoms. The largest absolute Gasteiger partial charge is 0.497 e. The first-order valence-electron chi connectivity index (χ1n) is 9.77. The summed E-state index contributed by atoms with van der Waals surface area (Å²) in [5.41, 5.74) is 2.30. The van der Waals surface area contributed by atoms with Crippen LogP contribution >= 0.6 is 0 Å². The van der Waals surface area contributed by atoms with Crippen LogP contribution in [0.4, 0.5) is 11.4 Å². The average Bonchev–Trinajstić information content (AvgIpc) is 3.34. The van der Waals surface area contributed by atoms with Crippen LogP contribution in [0.3, 0.4) is 0 Å². The van der Waals surface area contributed by atoms with Crippen molar-refractivity contribution in [2.75, 3.05) is 43.5 Å². The molecule has 154 valence electrons. The number of ether oxygens (including phenoxy) is 1. The second-order valence-electron chi connectivity index (χ2n) is 6.99. The van der Waals surface area contributed by atoms with Crippen LogP contribution in [0.5, 0.6) is 5.75 Å². The molecule has 0 bridgehead atoms. The molecule has 0 unspecified atom stereocenters. The van der Waals surface area contributed by atoms with Gasteiger partial charge >= 0.3 is 0 Å². The fraction of sp³-hybridized carbons (Fsp3) is 0.217. The maximum atomic E-state index is 12.8. The van der Waals surface area contributed by atoms with Gasteiger partial charge in [0, 0.05) is 49.2 Å². The Kier molecular flexibility index (Phi) is 5.70. The van der Waals surface area contributed by atoms with Crippen molar-refractivity contribution in [3.8, 4) is 5.75 Å². The Hall–Kier alpha value is -3.74. The number of carbonyl (C=O) groups excluding carboxylic acids is 2. The number of rotatable bonds is 5. The van der Waals surface area contributed by atoms with Crippen LogP contribution in [0.2, 0.25) is 0 Å². The summed E-state index contributed by atoms with van der Waals surface area (Å²) in [7, 11) is 1.66. The van der Waals surface area contributed by atoms with Gasteiger partial charge in [-0.05, 0) is 48.5 Å². The smallest absolute Gasteiger partial charge is 0.291 e. The number of carbonyl (C=O) groups is 2. The molecule has 0 saturated carbocycles. The number of piperazine rings is 1. The lowest BCUT2D eigenvalue weighted by molar-refractivity contribution is 0.0746. The third-order valence-corrected chi connectivity index (χ3v) is 5.12. The molecule has 7 nitrogen and oxygen atoms in total. The number of nitrogens with zero attached hydrogens (tertiary/aromatic N) is 2. The zero-order valence-corrected chi connectivity index (χ0v) is 16.7. The van der Waals surface area contributed by atoms with Gasteiger partial charge < -0.3 is 24.3 Å². The molecule has 3 aromatic rings. The van der Waals surface area contributed by atoms with E-state index < -0.39 is 0 Å². The van der Waals surface area contributed by atoms with Gasteiger partial charge in [0.2, 0.25) is 0 Å². The molecule has 0 spiro atoms. The number of furan rings is 1. The second kappa shape index (κ2) is 8.73. The molecule has 7 heteroatoms. The number of hydrogen-bond donors (Lipinski definition) is 1. The van der Waals surface area contributed by atoms with E-state index >= 15 is 0 Å². The predicted molar refractivity (Wildman–Crippen MR) is 114 cm³/mol. The molecule has 1 aromatic heterocycles. The van der Waals surface area contributed by atoms with Gasteiger partial charge in [0.05, 0.1) is 13.4 Å². The van der Waals surface area contributed by atoms with Gasteiger partial charge in [-0.25, -0.2) is 0 Å². The fourth-order valence-corrected chi connectivity index (χ4v) is 3.45. The Morgan fingerprint density at radius 1 is 0.967 bits per heavy atom. The highest BCUT2D eigenvalue weighted by molar-refractivity contribution is 6.02. The standard InChI is InChI=1S/C23H23N3O4/c1-29-20-5-2-4-19(16-20)25-11-13-26(14-12-25)23(28)17-7-9-18(10-8-17)24-22(27)21-6-3-15-30-21/h2-10,15-16H,11-14H2,1H3,(H,24,27). The summed E-state index contributed by atoms with van der Waals surface area (Å²) in [5.74, 6) is 0.728. The third kappa shape index (κ3) is 4.30. The minimum absolute atomic E-state index is 0.01000. The maximum absolute atomic E-state index is 12.8. The zero-order valence-electron chi connectivity index (χ0n) is 16.7. The lowest BCUT2D eigenvalue weighted by Crippen LogP contribution is -2.48. The monoisotopic (exact) mass is 405 g/mol. The summed E-state index contributed by atoms with van der Waals surface area (Å²) >= 11 is 0. The van der Waals surface area contributed by atoms with Crippen molar-refractivity contribution in [2.24, 2.45) is 0 Å². The second-order valence-corrected chi connectivity index (χ2v) is 6.99. The summed E-state index contributed by atoms with van der Waals surface area (Å²) in [6, 6.07) is 18.1. The maximum Gasteiger partial charge on any atom is 0.291 e. The van der Waals surface area contributed by atoms with Crippen molar-refractivity contribution in [3.63, 3.8) is 0 Å². The predicted octanol–water partition coefficient (Wildman–Crippen LogP) is 3.50. The van der Waals surface area contributed by atoms with Gasteiger partial charge in [0.25, 0.3) is 11.8 Å². The van der Waals surface area contributed by atoms with E-state index in [-0.39, 0.29) is 17.6 Å². The summed E-state index contributed by atoms with van der Waals surface area (Å²) < 4.78 is 10.4. The minimum atomic E-state index is -0.326. The molecule has 2 heterocycles. The molecule has 1 aliphatic rings. The van der Waals surface area contributed by atoms with Crippen LogP contribution in [-0.2, 0) is 0 Å². The first-order chi connectivity index (χ1) is 14.6. The van der Waals surface area contributed by atoms with E-state index in [1.54, 1.807) is 43.5 Å². The van der Waals surface area contributed by atoms with Crippen LogP contribution in [0.25, 0.3) is 0 Å². The van der Waals surface area contributed by atoms with Crippen molar-refractivity contribution in [3.05, 3.63) is 78.3 Å². The molecule has 0 radical (unpaired) electrons. The van der Waals surface area contributed by atoms with Gasteiger partial charge in [-0.1, -0.05) is 6.07 Å². The van der Waals surface area contributed by atoms with Gasteiger partial charge in [0.15, 0.2) is 5.76 Å². The normalized spacial score (nSPS) is 13.8. The third-order valence-electron chi connectivity index (χ3n) is 5.12. The van der Waals surface area contributed by atoms with E-state index in [0.29, 0.717) is 24.3 Å². The van der Waals surface area contributed by atoms with Crippen LogP contribution in [0.15, 0.2) is 71.3 Å². The highest BCUT2D eigenvalue weighted by Crippen LogP contribution is 2.22. The Morgan fingerprint density at radius 2 is 1.73 bits per heavy atom. The van der Waals surface area contributed by atoms with Gasteiger partial charge in [-0.2, -0.15) is 0 Å². The Bertz CT molecular complexity index is 1010. The molecular weight excluding hydrogens is 382 g/mol. The Balaban J connectivity index is 1.34. The molecule has 1 fully saturated rings. The SMILES string of the molecule is COc1cccc(N2CCN(C(=O)c3ccc(NC(=O)c4ccco4)cc3)CC2)c1. The Labute approximate surface area is 174 Å². The molecule has 1 saturated heterocycles. The van der Waals surface area contributed by atoms with E-state index in [1.165, 1.54) is 6.26 Å². The van der Waals surface area contributed by atoms with E-state index in [4.69, 9.17) is 9.15 Å². The van der Waals surface area contributed by atoms with Gasteiger partial charge in [-0.3, -0.25) is 9.59 Å². The zero-order chi connectivity index (χ0) is 20.9. The van der Waals surface area contributed by atoms with Crippen LogP contribution in [0, 0.1) is 0 Å². The molecule has 0 aliphatic carbocycles. The topological polar surface area (TPSA) is 75.0 Å². The first kappa shape index (κ1) is 19.6. The molecule has 4 rings (SSSR count). The lowest BCUT2D eigenvalue weighted by Gasteiger charge is -2.36. The number of anilines is 2. The number of amides is 2. The highest BCUT2D eigenvalue weighted by Gasteiger charge is 2.22. The van der Waals surface area contributed by atoms with E-state index in [0.717, 1.165) is 24.5 Å². The number of hydrogen-bond acceptors (Lipinski definition) is 5. The summed E-state index contributed by atoms with van der Waals surface area (Å²) in [6.45, 7) is 2.81. The minimum Gasteiger partial charge on any atom is -0.497 e. The average molecular weight is 405 g/mol. The molecular formula is C23H23N3O4. The summed E-state index contributed by atoms with van der Waals surface area (Å²) in [5, 5.41) is 2.75. The van der Waals surface area contributed by atoms with E-state index in [1.807, 2.05) is 23.1 Å². The molecule has 1 N–H and O–H groups in total. The molecule has 1 aliphatic heterocycles. The highest BCUT2D eigenvalue weighted by atomic mass is 16.5. The van der Waals surface area contributed by atoms with Gasteiger partial charge in [0.1, 0.15) is 5.75 Å². The number of methoxy groups -OCH3 is 1. The summed E-state index contributed by atoms with van der Waals surface area (Å²) in [4.78, 5) is 29.0. The van der Waals surface area contributed by atoms with Crippen molar-refractivity contribution < 1.29 is 18.7 Å². The first-order valence-corrected chi connectivity index (χ1v) is 9.77. The quantitative estimate of drug-likeness (QED) is 0.703. The van der Waals surface area contributed by atoms with Crippen LogP contribution in [0.1, 0.15) is 20.9 Å². The van der Waals surface area contributed by atoms with Crippen molar-refractivity contribution in [2.45, 2.75) is 0 Å². The Morgan fingerprint density at radius 3 is 2.40 bits per heavy atom. The molecule has 0 atom stereocenters. The van der Waals surface area contributed by atoms with E-state index in [2.05, 4.69) is 16.3 Å². The summed E-state index contributed by atoms with van der Waals surface area (Å²) in [6.07, 6.45) is 1.45. The van der Waals surface area contributed by atoms with Gasteiger partial charge in [-0.15, -0.1) is 0 Å². The van der Waals surface area contributed by atoms with Crippen LogP contribution < -0.4 is 15.0 Å². The fourth-order valence-electron chi connectivity index (χ4n) is 3.45. The van der Waals surface area contributed by atoms with E-state index in [9.17, 15) is 9.59 Å². The van der Waals surface area contributed by atoms with Crippen molar-refractivity contribution in [1.29, 1.82) is 0 Å². The lowest BCUT2D eigenvalue weighted by atomic mass is 10.1. The van der Waals surface area contributed by atoms with Crippen molar-refractivity contribution >= 4 is 23.2 Å². The number of benzene rings is 2. The van der Waals surface area contributed by atoms with Crippen molar-refractivity contribution in [1.82, 2.24) is 4.90 Å². The van der Waals surface area contributed by atoms with Crippen LogP contribution in [-0.4, -0.2) is 50.0 Å². The number of nitrogens with one attached hydrogen (secondary N) is 1. The molecule has 2 aromatic carbocycles.